The number of fused-ring (bicyclic) bond motifs is 1. The molecule has 218 valence electrons. The largest absolute Gasteiger partial charge is 0.490 e. The van der Waals surface area contributed by atoms with Crippen LogP contribution in [0.2, 0.25) is 0 Å². The molecule has 1 atom stereocenters. The molecule has 3 aromatic carbocycles. The number of aryl methyl sites for hydroxylation is 1. The lowest BCUT2D eigenvalue weighted by Crippen LogP contribution is -2.31. The number of hydrogen-bond donors (Lipinski definition) is 2. The second kappa shape index (κ2) is 13.0. The van der Waals surface area contributed by atoms with Crippen molar-refractivity contribution in [3.05, 3.63) is 98.7 Å². The van der Waals surface area contributed by atoms with Gasteiger partial charge >= 0.3 is 0 Å². The maximum atomic E-state index is 14.0. The Hall–Kier alpha value is -3.76. The molecule has 0 radical (unpaired) electrons. The van der Waals surface area contributed by atoms with Gasteiger partial charge in [0, 0.05) is 11.4 Å². The molecule has 4 aromatic rings. The smallest absolute Gasteiger partial charge is 0.255 e. The zero-order chi connectivity index (χ0) is 29.8. The molecular weight excluding hydrogens is 614 g/mol. The summed E-state index contributed by atoms with van der Waals surface area (Å²) in [4.78, 5) is 18.7. The second-order valence-electron chi connectivity index (χ2n) is 9.90. The zero-order valence-electron chi connectivity index (χ0n) is 24.3. The number of anilines is 2. The van der Waals surface area contributed by atoms with E-state index in [1.54, 1.807) is 16.4 Å². The topological polar surface area (TPSA) is 90.3 Å². The van der Waals surface area contributed by atoms with Crippen molar-refractivity contribution in [1.29, 1.82) is 0 Å². The van der Waals surface area contributed by atoms with Crippen LogP contribution in [-0.2, 0) is 11.4 Å². The molecule has 0 bridgehead atoms. The Morgan fingerprint density at radius 3 is 2.60 bits per heavy atom. The van der Waals surface area contributed by atoms with Crippen molar-refractivity contribution in [3.63, 3.8) is 0 Å². The first-order chi connectivity index (χ1) is 20.3. The van der Waals surface area contributed by atoms with Crippen molar-refractivity contribution in [2.75, 3.05) is 23.0 Å². The number of carbonyl (C=O) groups excluding carboxylic acids is 1. The van der Waals surface area contributed by atoms with Gasteiger partial charge in [-0.1, -0.05) is 61.2 Å². The molecule has 5 rings (SSSR count). The number of ether oxygens (including phenoxy) is 2. The Morgan fingerprint density at radius 2 is 1.86 bits per heavy atom. The van der Waals surface area contributed by atoms with E-state index >= 15 is 0 Å². The fourth-order valence-corrected chi connectivity index (χ4v) is 6.01. The highest BCUT2D eigenvalue weighted by molar-refractivity contribution is 9.10. The number of halogens is 1. The van der Waals surface area contributed by atoms with Crippen molar-refractivity contribution in [3.8, 4) is 11.5 Å². The number of carbonyl (C=O) groups is 1. The number of aromatic nitrogens is 3. The molecule has 1 amide bonds. The van der Waals surface area contributed by atoms with Crippen molar-refractivity contribution in [2.24, 2.45) is 0 Å². The van der Waals surface area contributed by atoms with Crippen molar-refractivity contribution in [2.45, 2.75) is 52.4 Å². The highest BCUT2D eigenvalue weighted by Gasteiger charge is 2.35. The van der Waals surface area contributed by atoms with Crippen LogP contribution in [-0.4, -0.2) is 33.0 Å². The molecule has 1 unspecified atom stereocenters. The summed E-state index contributed by atoms with van der Waals surface area (Å²) in [5.41, 5.74) is 5.99. The molecule has 0 saturated heterocycles. The number of hydrogen-bond acceptors (Lipinski definition) is 7. The van der Waals surface area contributed by atoms with Crippen LogP contribution in [0, 0.1) is 13.8 Å². The lowest BCUT2D eigenvalue weighted by atomic mass is 9.94. The van der Waals surface area contributed by atoms with E-state index < -0.39 is 6.04 Å². The Balaban J connectivity index is 1.58. The third kappa shape index (κ3) is 6.19. The van der Waals surface area contributed by atoms with E-state index in [9.17, 15) is 4.79 Å². The van der Waals surface area contributed by atoms with Crippen LogP contribution in [0.5, 0.6) is 11.5 Å². The van der Waals surface area contributed by atoms with Gasteiger partial charge in [0.15, 0.2) is 11.5 Å². The lowest BCUT2D eigenvalue weighted by molar-refractivity contribution is -0.113. The zero-order valence-corrected chi connectivity index (χ0v) is 26.7. The van der Waals surface area contributed by atoms with E-state index in [-0.39, 0.29) is 5.91 Å². The third-order valence-electron chi connectivity index (χ3n) is 7.08. The number of thioether (sulfide) groups is 1. The number of nitrogens with zero attached hydrogens (tertiary/aromatic N) is 3. The third-order valence-corrected chi connectivity index (χ3v) is 8.39. The standard InChI is InChI=1S/C32H34BrN5O3S/c1-6-40-26-17-23(16-24(33)29(26)41-18-22-13-9-8-10-14-22)28-27(30(39)35-25-15-11-12-19(3)20(25)4)21(5)34-31-36-32(42-7-2)37-38(28)31/h8-17,28H,6-7,18H2,1-5H3,(H,35,39)(H,34,36,37). The van der Waals surface area contributed by atoms with Gasteiger partial charge in [-0.05, 0) is 89.8 Å². The molecule has 10 heteroatoms. The lowest BCUT2D eigenvalue weighted by Gasteiger charge is -2.29. The molecule has 0 spiro atoms. The first kappa shape index (κ1) is 29.7. The summed E-state index contributed by atoms with van der Waals surface area (Å²) >= 11 is 5.28. The number of allylic oxidation sites excluding steroid dienone is 1. The maximum Gasteiger partial charge on any atom is 0.255 e. The highest BCUT2D eigenvalue weighted by atomic mass is 79.9. The van der Waals surface area contributed by atoms with Gasteiger partial charge in [-0.15, -0.1) is 5.10 Å². The van der Waals surface area contributed by atoms with E-state index in [0.29, 0.717) is 47.1 Å². The number of amides is 1. The van der Waals surface area contributed by atoms with Crippen LogP contribution < -0.4 is 20.1 Å². The van der Waals surface area contributed by atoms with Crippen LogP contribution in [0.4, 0.5) is 11.6 Å². The summed E-state index contributed by atoms with van der Waals surface area (Å²) in [6.07, 6.45) is 0. The summed E-state index contributed by atoms with van der Waals surface area (Å²) in [5.74, 6) is 2.36. The SMILES string of the molecule is CCOc1cc(C2C(C(=O)Nc3cccc(C)c3C)=C(C)Nc3nc(SCC)nn32)cc(Br)c1OCc1ccccc1. The predicted molar refractivity (Wildman–Crippen MR) is 172 cm³/mol. The van der Waals surface area contributed by atoms with Crippen molar-refractivity contribution >= 4 is 45.2 Å². The number of benzene rings is 3. The first-order valence-electron chi connectivity index (χ1n) is 13.9. The Morgan fingerprint density at radius 1 is 1.07 bits per heavy atom. The second-order valence-corrected chi connectivity index (χ2v) is 12.0. The van der Waals surface area contributed by atoms with E-state index in [2.05, 4.69) is 33.5 Å². The minimum atomic E-state index is -0.566. The average molecular weight is 649 g/mol. The van der Waals surface area contributed by atoms with Gasteiger partial charge in [0.2, 0.25) is 11.1 Å². The molecule has 42 heavy (non-hydrogen) atoms. The summed E-state index contributed by atoms with van der Waals surface area (Å²) in [5, 5.41) is 11.9. The van der Waals surface area contributed by atoms with Gasteiger partial charge in [-0.2, -0.15) is 4.98 Å². The summed E-state index contributed by atoms with van der Waals surface area (Å²) in [6.45, 7) is 10.8. The van der Waals surface area contributed by atoms with Crippen molar-refractivity contribution in [1.82, 2.24) is 14.8 Å². The number of nitrogens with one attached hydrogen (secondary N) is 2. The van der Waals surface area contributed by atoms with E-state index in [1.165, 1.54) is 0 Å². The molecule has 0 aliphatic carbocycles. The first-order valence-corrected chi connectivity index (χ1v) is 15.7. The van der Waals surface area contributed by atoms with Crippen LogP contribution >= 0.6 is 27.7 Å². The van der Waals surface area contributed by atoms with Gasteiger partial charge < -0.3 is 20.1 Å². The minimum Gasteiger partial charge on any atom is -0.490 e. The quantitative estimate of drug-likeness (QED) is 0.171. The molecule has 2 heterocycles. The molecule has 1 aliphatic rings. The highest BCUT2D eigenvalue weighted by Crippen LogP contribution is 2.43. The Kier molecular flexibility index (Phi) is 9.23. The molecule has 2 N–H and O–H groups in total. The molecule has 1 aliphatic heterocycles. The number of rotatable bonds is 10. The van der Waals surface area contributed by atoms with E-state index in [4.69, 9.17) is 19.6 Å². The Bertz CT molecular complexity index is 1640. The van der Waals surface area contributed by atoms with Gasteiger partial charge in [0.1, 0.15) is 12.6 Å². The van der Waals surface area contributed by atoms with Gasteiger partial charge in [-0.25, -0.2) is 4.68 Å². The Labute approximate surface area is 259 Å². The summed E-state index contributed by atoms with van der Waals surface area (Å²) in [6, 6.07) is 19.2. The van der Waals surface area contributed by atoms with Crippen LogP contribution in [0.1, 0.15) is 49.1 Å². The molecule has 0 saturated carbocycles. The predicted octanol–water partition coefficient (Wildman–Crippen LogP) is 7.67. The van der Waals surface area contributed by atoms with Crippen LogP contribution in [0.15, 0.2) is 81.6 Å². The molecule has 1 aromatic heterocycles. The minimum absolute atomic E-state index is 0.219. The van der Waals surface area contributed by atoms with Crippen LogP contribution in [0.3, 0.4) is 0 Å². The molecule has 0 fully saturated rings. The monoisotopic (exact) mass is 647 g/mol. The van der Waals surface area contributed by atoms with Crippen LogP contribution in [0.25, 0.3) is 0 Å². The fraction of sp³-hybridized carbons (Fsp3) is 0.281. The fourth-order valence-electron chi connectivity index (χ4n) is 4.88. The maximum absolute atomic E-state index is 14.0. The van der Waals surface area contributed by atoms with Crippen molar-refractivity contribution < 1.29 is 14.3 Å². The van der Waals surface area contributed by atoms with Gasteiger partial charge in [0.05, 0.1) is 16.7 Å². The van der Waals surface area contributed by atoms with E-state index in [0.717, 1.165) is 38.2 Å². The average Bonchev–Trinajstić information content (AvgIpc) is 3.36. The normalized spacial score (nSPS) is 14.3. The van der Waals surface area contributed by atoms with E-state index in [1.807, 2.05) is 88.4 Å². The summed E-state index contributed by atoms with van der Waals surface area (Å²) < 4.78 is 14.8. The van der Waals surface area contributed by atoms with Gasteiger partial charge in [-0.3, -0.25) is 4.79 Å². The van der Waals surface area contributed by atoms with Gasteiger partial charge in [0.25, 0.3) is 5.91 Å². The summed E-state index contributed by atoms with van der Waals surface area (Å²) in [7, 11) is 0. The molecular formula is C32H34BrN5O3S. The molecule has 8 nitrogen and oxygen atoms in total.